The molecule has 2 N–H and O–H groups in total. The number of benzene rings is 1. The number of aliphatic hydroxyl groups is 1. The van der Waals surface area contributed by atoms with E-state index in [1.165, 1.54) is 6.07 Å². The summed E-state index contributed by atoms with van der Waals surface area (Å²) in [7, 11) is 0. The van der Waals surface area contributed by atoms with E-state index >= 15 is 0 Å². The first-order valence-corrected chi connectivity index (χ1v) is 6.82. The molecule has 0 aliphatic heterocycles. The summed E-state index contributed by atoms with van der Waals surface area (Å²) in [6.07, 6.45) is -5.22. The Morgan fingerprint density at radius 2 is 1.90 bits per heavy atom. The number of para-hydroxylation sites is 1. The molecule has 2 nitrogen and oxygen atoms in total. The van der Waals surface area contributed by atoms with Crippen LogP contribution in [0.3, 0.4) is 0 Å². The van der Waals surface area contributed by atoms with E-state index in [2.05, 4.69) is 4.98 Å². The first-order valence-electron chi connectivity index (χ1n) is 6.82. The molecule has 1 aromatic heterocycles. The third-order valence-corrected chi connectivity index (χ3v) is 3.66. The molecule has 0 amide bonds. The Bertz CT molecular complexity index is 620. The highest BCUT2D eigenvalue weighted by Crippen LogP contribution is 2.37. The molecule has 0 fully saturated rings. The van der Waals surface area contributed by atoms with E-state index in [1.54, 1.807) is 25.1 Å². The van der Waals surface area contributed by atoms with Crippen molar-refractivity contribution in [2.45, 2.75) is 44.4 Å². The van der Waals surface area contributed by atoms with E-state index in [0.29, 0.717) is 11.1 Å². The molecule has 2 aromatic rings. The Hall–Kier alpha value is -1.56. The molecule has 0 saturated carbocycles. The van der Waals surface area contributed by atoms with Crippen LogP contribution >= 0.6 is 0 Å². The molecule has 0 saturated heterocycles. The maximum Gasteiger partial charge on any atom is 0.417 e. The third-order valence-electron chi connectivity index (χ3n) is 3.66. The summed E-state index contributed by atoms with van der Waals surface area (Å²) >= 11 is 0. The SMILES string of the molecule is CCCC(O)(CCc1cc2cccc(F)c2[nH]1)C(F)(F)F. The molecule has 1 aromatic carbocycles. The van der Waals surface area contributed by atoms with Gasteiger partial charge in [-0.1, -0.05) is 25.5 Å². The number of nitrogens with one attached hydrogen (secondary N) is 1. The number of aromatic nitrogens is 1. The van der Waals surface area contributed by atoms with Crippen molar-refractivity contribution < 1.29 is 22.7 Å². The van der Waals surface area contributed by atoms with Crippen LogP contribution in [0.25, 0.3) is 10.9 Å². The summed E-state index contributed by atoms with van der Waals surface area (Å²) in [6.45, 7) is 1.59. The van der Waals surface area contributed by atoms with Crippen molar-refractivity contribution in [1.82, 2.24) is 4.98 Å². The van der Waals surface area contributed by atoms with Crippen molar-refractivity contribution in [3.05, 3.63) is 35.8 Å². The molecule has 1 heterocycles. The molecule has 6 heteroatoms. The summed E-state index contributed by atoms with van der Waals surface area (Å²) in [6, 6.07) is 6.12. The minimum atomic E-state index is -4.67. The van der Waals surface area contributed by atoms with Gasteiger partial charge in [-0.15, -0.1) is 0 Å². The van der Waals surface area contributed by atoms with Crippen LogP contribution < -0.4 is 0 Å². The number of hydrogen-bond acceptors (Lipinski definition) is 1. The molecule has 2 rings (SSSR count). The topological polar surface area (TPSA) is 36.0 Å². The summed E-state index contributed by atoms with van der Waals surface area (Å²) in [5.74, 6) is -0.446. The molecule has 1 unspecified atom stereocenters. The van der Waals surface area contributed by atoms with Gasteiger partial charge in [0.05, 0.1) is 5.52 Å². The quantitative estimate of drug-likeness (QED) is 0.792. The highest BCUT2D eigenvalue weighted by molar-refractivity contribution is 5.80. The lowest BCUT2D eigenvalue weighted by Crippen LogP contribution is -2.45. The zero-order valence-electron chi connectivity index (χ0n) is 11.6. The molecule has 0 bridgehead atoms. The maximum atomic E-state index is 13.5. The van der Waals surface area contributed by atoms with E-state index in [0.717, 1.165) is 0 Å². The molecule has 116 valence electrons. The maximum absolute atomic E-state index is 13.5. The van der Waals surface area contributed by atoms with Gasteiger partial charge in [-0.3, -0.25) is 0 Å². The Morgan fingerprint density at radius 3 is 2.48 bits per heavy atom. The molecule has 0 spiro atoms. The van der Waals surface area contributed by atoms with Gasteiger partial charge in [-0.05, 0) is 31.4 Å². The zero-order chi connectivity index (χ0) is 15.7. The molecular formula is C15H17F4NO. The summed E-state index contributed by atoms with van der Waals surface area (Å²) < 4.78 is 52.4. The van der Waals surface area contributed by atoms with Crippen molar-refractivity contribution >= 4 is 10.9 Å². The van der Waals surface area contributed by atoms with Crippen LogP contribution in [-0.4, -0.2) is 21.9 Å². The third kappa shape index (κ3) is 3.20. The second kappa shape index (κ2) is 5.67. The van der Waals surface area contributed by atoms with Gasteiger partial charge in [0.1, 0.15) is 5.82 Å². The van der Waals surface area contributed by atoms with E-state index in [9.17, 15) is 22.7 Å². The first-order chi connectivity index (χ1) is 9.77. The summed E-state index contributed by atoms with van der Waals surface area (Å²) in [5.41, 5.74) is -1.94. The van der Waals surface area contributed by atoms with Crippen LogP contribution in [0.2, 0.25) is 0 Å². The van der Waals surface area contributed by atoms with Crippen LogP contribution in [0.4, 0.5) is 17.6 Å². The van der Waals surface area contributed by atoms with E-state index in [-0.39, 0.29) is 24.8 Å². The molecular weight excluding hydrogens is 286 g/mol. The fourth-order valence-corrected chi connectivity index (χ4v) is 2.48. The van der Waals surface area contributed by atoms with Crippen molar-refractivity contribution in [3.63, 3.8) is 0 Å². The smallest absolute Gasteiger partial charge is 0.380 e. The zero-order valence-corrected chi connectivity index (χ0v) is 11.6. The van der Waals surface area contributed by atoms with Gasteiger partial charge in [0.15, 0.2) is 5.60 Å². The fourth-order valence-electron chi connectivity index (χ4n) is 2.48. The Kier molecular flexibility index (Phi) is 4.27. The molecule has 0 aliphatic carbocycles. The van der Waals surface area contributed by atoms with E-state index < -0.39 is 24.0 Å². The van der Waals surface area contributed by atoms with Gasteiger partial charge in [0, 0.05) is 11.1 Å². The van der Waals surface area contributed by atoms with Gasteiger partial charge in [-0.25, -0.2) is 4.39 Å². The van der Waals surface area contributed by atoms with Crippen LogP contribution in [0.15, 0.2) is 24.3 Å². The molecule has 0 radical (unpaired) electrons. The average Bonchev–Trinajstić information content (AvgIpc) is 2.80. The minimum Gasteiger partial charge on any atom is -0.380 e. The van der Waals surface area contributed by atoms with Gasteiger partial charge >= 0.3 is 6.18 Å². The molecule has 21 heavy (non-hydrogen) atoms. The summed E-state index contributed by atoms with van der Waals surface area (Å²) in [5, 5.41) is 10.4. The number of hydrogen-bond donors (Lipinski definition) is 2. The van der Waals surface area contributed by atoms with Crippen LogP contribution in [0.5, 0.6) is 0 Å². The van der Waals surface area contributed by atoms with Gasteiger partial charge in [0.2, 0.25) is 0 Å². The first kappa shape index (κ1) is 15.8. The molecule has 1 atom stereocenters. The standard InChI is InChI=1S/C15H17F4NO/c1-2-7-14(21,15(17,18)19)8-6-11-9-10-4-3-5-12(16)13(10)20-11/h3-5,9,20-21H,2,6-8H2,1H3. The number of fused-ring (bicyclic) bond motifs is 1. The Labute approximate surface area is 119 Å². The predicted octanol–water partition coefficient (Wildman–Crippen LogP) is 4.33. The lowest BCUT2D eigenvalue weighted by Gasteiger charge is -2.30. The second-order valence-electron chi connectivity index (χ2n) is 5.28. The molecule has 0 aliphatic rings. The van der Waals surface area contributed by atoms with E-state index in [1.807, 2.05) is 0 Å². The second-order valence-corrected chi connectivity index (χ2v) is 5.28. The largest absolute Gasteiger partial charge is 0.417 e. The van der Waals surface area contributed by atoms with Crippen LogP contribution in [-0.2, 0) is 6.42 Å². The Morgan fingerprint density at radius 1 is 1.19 bits per heavy atom. The van der Waals surface area contributed by atoms with Crippen LogP contribution in [0.1, 0.15) is 31.9 Å². The van der Waals surface area contributed by atoms with Crippen LogP contribution in [0, 0.1) is 5.82 Å². The number of H-pyrrole nitrogens is 1. The number of halogens is 4. The number of rotatable bonds is 5. The highest BCUT2D eigenvalue weighted by Gasteiger charge is 2.52. The van der Waals surface area contributed by atoms with E-state index in [4.69, 9.17) is 0 Å². The Balaban J connectivity index is 2.18. The number of alkyl halides is 3. The minimum absolute atomic E-state index is 0.00410. The van der Waals surface area contributed by atoms with Gasteiger partial charge in [-0.2, -0.15) is 13.2 Å². The number of aromatic amines is 1. The monoisotopic (exact) mass is 303 g/mol. The highest BCUT2D eigenvalue weighted by atomic mass is 19.4. The van der Waals surface area contributed by atoms with Crippen molar-refractivity contribution in [2.24, 2.45) is 0 Å². The van der Waals surface area contributed by atoms with Crippen molar-refractivity contribution in [2.75, 3.05) is 0 Å². The fraction of sp³-hybridized carbons (Fsp3) is 0.467. The predicted molar refractivity (Wildman–Crippen MR) is 72.5 cm³/mol. The van der Waals surface area contributed by atoms with Crippen molar-refractivity contribution in [1.29, 1.82) is 0 Å². The van der Waals surface area contributed by atoms with Gasteiger partial charge < -0.3 is 10.1 Å². The average molecular weight is 303 g/mol. The number of aryl methyl sites for hydroxylation is 1. The lowest BCUT2D eigenvalue weighted by atomic mass is 9.91. The normalized spacial score (nSPS) is 15.3. The lowest BCUT2D eigenvalue weighted by molar-refractivity contribution is -0.264. The van der Waals surface area contributed by atoms with Crippen molar-refractivity contribution in [3.8, 4) is 0 Å². The summed E-state index contributed by atoms with van der Waals surface area (Å²) in [4.78, 5) is 2.78. The van der Waals surface area contributed by atoms with Gasteiger partial charge in [0.25, 0.3) is 0 Å².